The fourth-order valence-electron chi connectivity index (χ4n) is 2.41. The van der Waals surface area contributed by atoms with E-state index in [2.05, 4.69) is 0 Å². The number of benzene rings is 1. The molecular formula is C13H9F9N2O. The molecule has 2 rings (SSSR count). The van der Waals surface area contributed by atoms with Crippen molar-refractivity contribution in [3.63, 3.8) is 0 Å². The van der Waals surface area contributed by atoms with E-state index in [1.165, 1.54) is 0 Å². The molecule has 0 aromatic heterocycles. The van der Waals surface area contributed by atoms with Gasteiger partial charge in [0.2, 0.25) is 0 Å². The van der Waals surface area contributed by atoms with Gasteiger partial charge < -0.3 is 0 Å². The maximum atomic E-state index is 13.1. The third-order valence-electron chi connectivity index (χ3n) is 3.55. The van der Waals surface area contributed by atoms with Crippen LogP contribution in [0.2, 0.25) is 0 Å². The molecule has 1 fully saturated rings. The highest BCUT2D eigenvalue weighted by Gasteiger charge is 2.54. The van der Waals surface area contributed by atoms with Crippen molar-refractivity contribution in [2.45, 2.75) is 18.5 Å². The zero-order valence-corrected chi connectivity index (χ0v) is 12.2. The van der Waals surface area contributed by atoms with E-state index in [0.29, 0.717) is 5.01 Å². The minimum Gasteiger partial charge on any atom is -0.272 e. The highest BCUT2D eigenvalue weighted by atomic mass is 19.4. The Morgan fingerprint density at radius 2 is 1.52 bits per heavy atom. The van der Waals surface area contributed by atoms with Gasteiger partial charge in [-0.2, -0.15) is 39.5 Å². The molecule has 1 aromatic carbocycles. The molecule has 0 bridgehead atoms. The molecule has 0 spiro atoms. The molecule has 1 aliphatic heterocycles. The Morgan fingerprint density at radius 1 is 0.960 bits per heavy atom. The lowest BCUT2D eigenvalue weighted by atomic mass is 10.1. The standard InChI is InChI=1S/C13H9F9N2O/c1-23-5-8(13(20,21)22)10(25)24(23)9-4-6(11(14,15)16)2-3-7(9)12(17,18)19/h2-4,8H,5H2,1H3. The zero-order valence-electron chi connectivity index (χ0n) is 12.2. The predicted octanol–water partition coefficient (Wildman–Crippen LogP) is 4.10. The van der Waals surface area contributed by atoms with E-state index < -0.39 is 53.7 Å². The van der Waals surface area contributed by atoms with Crippen molar-refractivity contribution in [3.05, 3.63) is 29.3 Å². The SMILES string of the molecule is CN1CC(C(F)(F)F)C(=O)N1c1cc(C(F)(F)F)ccc1C(F)(F)F. The summed E-state index contributed by atoms with van der Waals surface area (Å²) in [5, 5.41) is 0.488. The number of hydrazine groups is 1. The van der Waals surface area contributed by atoms with Crippen molar-refractivity contribution in [1.29, 1.82) is 0 Å². The molecule has 0 aliphatic carbocycles. The van der Waals surface area contributed by atoms with Crippen LogP contribution in [0.3, 0.4) is 0 Å². The average Bonchev–Trinajstić information content (AvgIpc) is 2.71. The molecule has 12 heteroatoms. The Morgan fingerprint density at radius 3 is 1.92 bits per heavy atom. The quantitative estimate of drug-likeness (QED) is 0.685. The second kappa shape index (κ2) is 5.78. The summed E-state index contributed by atoms with van der Waals surface area (Å²) in [6.45, 7) is -1.00. The molecule has 1 heterocycles. The number of carbonyl (C=O) groups is 1. The molecule has 1 amide bonds. The molecule has 25 heavy (non-hydrogen) atoms. The number of halogens is 9. The Bertz CT molecular complexity index is 678. The first-order valence-corrected chi connectivity index (χ1v) is 6.54. The van der Waals surface area contributed by atoms with Gasteiger partial charge in [-0.25, -0.2) is 10.0 Å². The van der Waals surface area contributed by atoms with Crippen LogP contribution in [-0.4, -0.2) is 30.7 Å². The van der Waals surface area contributed by atoms with Gasteiger partial charge in [0.25, 0.3) is 5.91 Å². The Kier molecular flexibility index (Phi) is 4.47. The van der Waals surface area contributed by atoms with E-state index in [-0.39, 0.29) is 23.2 Å². The van der Waals surface area contributed by atoms with Gasteiger partial charge in [0.1, 0.15) is 5.92 Å². The highest BCUT2D eigenvalue weighted by molar-refractivity contribution is 5.97. The summed E-state index contributed by atoms with van der Waals surface area (Å²) in [5.74, 6) is -4.41. The van der Waals surface area contributed by atoms with Crippen LogP contribution < -0.4 is 5.01 Å². The fraction of sp³-hybridized carbons (Fsp3) is 0.462. The Balaban J connectivity index is 2.62. The van der Waals surface area contributed by atoms with Crippen molar-refractivity contribution in [3.8, 4) is 0 Å². The molecule has 0 radical (unpaired) electrons. The number of amides is 1. The summed E-state index contributed by atoms with van der Waals surface area (Å²) in [4.78, 5) is 11.9. The van der Waals surface area contributed by atoms with Gasteiger partial charge in [0.15, 0.2) is 0 Å². The van der Waals surface area contributed by atoms with Gasteiger partial charge >= 0.3 is 18.5 Å². The van der Waals surface area contributed by atoms with Crippen molar-refractivity contribution in [2.24, 2.45) is 5.92 Å². The topological polar surface area (TPSA) is 23.6 Å². The number of hydrogen-bond donors (Lipinski definition) is 0. The zero-order chi connectivity index (χ0) is 19.4. The molecular weight excluding hydrogens is 371 g/mol. The summed E-state index contributed by atoms with van der Waals surface area (Å²) in [6, 6.07) is 0.240. The summed E-state index contributed by atoms with van der Waals surface area (Å²) in [7, 11) is 0.879. The summed E-state index contributed by atoms with van der Waals surface area (Å²) in [5.41, 5.74) is -4.47. The van der Waals surface area contributed by atoms with E-state index in [0.717, 1.165) is 7.05 Å². The molecule has 0 saturated carbocycles. The number of alkyl halides is 9. The maximum absolute atomic E-state index is 13.1. The molecule has 1 atom stereocenters. The first kappa shape index (κ1) is 19.3. The second-order valence-electron chi connectivity index (χ2n) is 5.31. The normalized spacial score (nSPS) is 20.5. The van der Waals surface area contributed by atoms with Crippen LogP contribution in [0, 0.1) is 5.92 Å². The van der Waals surface area contributed by atoms with E-state index >= 15 is 0 Å². The van der Waals surface area contributed by atoms with Gasteiger partial charge in [-0.3, -0.25) is 4.79 Å². The van der Waals surface area contributed by atoms with E-state index in [9.17, 15) is 44.3 Å². The molecule has 1 aromatic rings. The van der Waals surface area contributed by atoms with Gasteiger partial charge in [-0.15, -0.1) is 0 Å². The number of carbonyl (C=O) groups excluding carboxylic acids is 1. The lowest BCUT2D eigenvalue weighted by molar-refractivity contribution is -0.175. The maximum Gasteiger partial charge on any atom is 0.418 e. The van der Waals surface area contributed by atoms with E-state index in [4.69, 9.17) is 0 Å². The minimum absolute atomic E-state index is 0.00990. The number of nitrogens with zero attached hydrogens (tertiary/aromatic N) is 2. The molecule has 1 unspecified atom stereocenters. The molecule has 1 saturated heterocycles. The van der Waals surface area contributed by atoms with Crippen LogP contribution in [0.15, 0.2) is 18.2 Å². The van der Waals surface area contributed by atoms with Crippen molar-refractivity contribution < 1.29 is 44.3 Å². The molecule has 140 valence electrons. The van der Waals surface area contributed by atoms with Crippen LogP contribution in [0.25, 0.3) is 0 Å². The van der Waals surface area contributed by atoms with Gasteiger partial charge in [0.05, 0.1) is 16.8 Å². The van der Waals surface area contributed by atoms with Crippen LogP contribution >= 0.6 is 0 Å². The first-order chi connectivity index (χ1) is 11.1. The monoisotopic (exact) mass is 380 g/mol. The van der Waals surface area contributed by atoms with Crippen LogP contribution in [-0.2, 0) is 17.1 Å². The van der Waals surface area contributed by atoms with Gasteiger partial charge in [-0.05, 0) is 18.2 Å². The van der Waals surface area contributed by atoms with Crippen molar-refractivity contribution in [1.82, 2.24) is 5.01 Å². The third kappa shape index (κ3) is 3.67. The van der Waals surface area contributed by atoms with Crippen LogP contribution in [0.5, 0.6) is 0 Å². The van der Waals surface area contributed by atoms with E-state index in [1.54, 1.807) is 0 Å². The number of anilines is 1. The van der Waals surface area contributed by atoms with Crippen molar-refractivity contribution in [2.75, 3.05) is 18.6 Å². The van der Waals surface area contributed by atoms with Crippen LogP contribution in [0.1, 0.15) is 11.1 Å². The highest BCUT2D eigenvalue weighted by Crippen LogP contribution is 2.43. The largest absolute Gasteiger partial charge is 0.418 e. The van der Waals surface area contributed by atoms with Crippen molar-refractivity contribution >= 4 is 11.6 Å². The molecule has 3 nitrogen and oxygen atoms in total. The lowest BCUT2D eigenvalue weighted by Crippen LogP contribution is -2.39. The summed E-state index contributed by atoms with van der Waals surface area (Å²) < 4.78 is 116. The average molecular weight is 380 g/mol. The van der Waals surface area contributed by atoms with Gasteiger partial charge in [0, 0.05) is 13.6 Å². The summed E-state index contributed by atoms with van der Waals surface area (Å²) in [6.07, 6.45) is -15.2. The third-order valence-corrected chi connectivity index (χ3v) is 3.55. The molecule has 0 N–H and O–H groups in total. The predicted molar refractivity (Wildman–Crippen MR) is 66.1 cm³/mol. The Labute approximate surface area is 134 Å². The number of hydrogen-bond acceptors (Lipinski definition) is 2. The smallest absolute Gasteiger partial charge is 0.272 e. The fourth-order valence-corrected chi connectivity index (χ4v) is 2.41. The number of rotatable bonds is 1. The first-order valence-electron chi connectivity index (χ1n) is 6.54. The van der Waals surface area contributed by atoms with E-state index in [1.807, 2.05) is 0 Å². The van der Waals surface area contributed by atoms with Gasteiger partial charge in [-0.1, -0.05) is 0 Å². The summed E-state index contributed by atoms with van der Waals surface area (Å²) >= 11 is 0. The Hall–Kier alpha value is -1.98. The molecule has 1 aliphatic rings. The minimum atomic E-state index is -5.17. The second-order valence-corrected chi connectivity index (χ2v) is 5.31. The lowest BCUT2D eigenvalue weighted by Gasteiger charge is -2.27. The van der Waals surface area contributed by atoms with Crippen LogP contribution in [0.4, 0.5) is 45.2 Å².